The van der Waals surface area contributed by atoms with Crippen molar-refractivity contribution in [3.05, 3.63) is 77.9 Å². The van der Waals surface area contributed by atoms with Gasteiger partial charge in [0.2, 0.25) is 5.95 Å². The number of fused-ring (bicyclic) bond motifs is 1. The van der Waals surface area contributed by atoms with Crippen LogP contribution < -0.4 is 10.2 Å². The summed E-state index contributed by atoms with van der Waals surface area (Å²) in [5, 5.41) is 2.72. The maximum atomic E-state index is 13.0. The van der Waals surface area contributed by atoms with Crippen LogP contribution in [0.15, 0.2) is 60.8 Å². The molecule has 2 aromatic carbocycles. The van der Waals surface area contributed by atoms with E-state index in [9.17, 15) is 9.18 Å². The number of aromatic nitrogens is 2. The Balaban J connectivity index is 1.61. The van der Waals surface area contributed by atoms with Crippen LogP contribution in [-0.2, 0) is 6.42 Å². The fraction of sp³-hybridized carbons (Fsp3) is 0.150. The number of carbonyl (C=O) groups excluding carboxylic acids is 1. The van der Waals surface area contributed by atoms with E-state index in [1.165, 1.54) is 29.8 Å². The number of benzene rings is 2. The number of nitrogens with zero attached hydrogens (tertiary/aromatic N) is 3. The van der Waals surface area contributed by atoms with Crippen molar-refractivity contribution in [1.29, 1.82) is 0 Å². The smallest absolute Gasteiger partial charge is 0.274 e. The average Bonchev–Trinajstić information content (AvgIpc) is 2.99. The van der Waals surface area contributed by atoms with Crippen molar-refractivity contribution in [2.24, 2.45) is 0 Å². The van der Waals surface area contributed by atoms with Crippen molar-refractivity contribution in [3.8, 4) is 0 Å². The number of para-hydroxylation sites is 1. The highest BCUT2D eigenvalue weighted by molar-refractivity contribution is 6.03. The second kappa shape index (κ2) is 6.55. The monoisotopic (exact) mass is 348 g/mol. The van der Waals surface area contributed by atoms with Gasteiger partial charge in [-0.05, 0) is 55.3 Å². The Morgan fingerprint density at radius 3 is 2.73 bits per heavy atom. The maximum absolute atomic E-state index is 13.0. The third-order valence-electron chi connectivity index (χ3n) is 4.40. The van der Waals surface area contributed by atoms with Crippen LogP contribution in [-0.4, -0.2) is 21.9 Å². The number of halogens is 1. The molecule has 0 radical (unpaired) electrons. The summed E-state index contributed by atoms with van der Waals surface area (Å²) in [5.41, 5.74) is 3.08. The number of carbonyl (C=O) groups is 1. The lowest BCUT2D eigenvalue weighted by Gasteiger charge is -2.22. The zero-order valence-corrected chi connectivity index (χ0v) is 14.2. The Labute approximate surface area is 150 Å². The van der Waals surface area contributed by atoms with Crippen LogP contribution in [0, 0.1) is 5.82 Å². The highest BCUT2D eigenvalue weighted by atomic mass is 19.1. The summed E-state index contributed by atoms with van der Waals surface area (Å²) >= 11 is 0. The van der Waals surface area contributed by atoms with Gasteiger partial charge in [-0.3, -0.25) is 4.79 Å². The lowest BCUT2D eigenvalue weighted by atomic mass is 10.1. The van der Waals surface area contributed by atoms with Gasteiger partial charge in [0.1, 0.15) is 11.5 Å². The van der Waals surface area contributed by atoms with Crippen molar-refractivity contribution in [2.75, 3.05) is 10.2 Å². The molecule has 0 aliphatic carbocycles. The molecule has 5 nitrogen and oxygen atoms in total. The number of hydrogen-bond acceptors (Lipinski definition) is 4. The summed E-state index contributed by atoms with van der Waals surface area (Å²) in [6.45, 7) is 2.11. The van der Waals surface area contributed by atoms with Crippen LogP contribution in [0.25, 0.3) is 0 Å². The number of anilines is 3. The SMILES string of the molecule is CC1Cc2ccccc2N1c1nccc(C(=O)Nc2ccc(F)cc2)n1. The molecule has 1 unspecified atom stereocenters. The van der Waals surface area contributed by atoms with Gasteiger partial charge in [0, 0.05) is 23.6 Å². The van der Waals surface area contributed by atoms with Gasteiger partial charge in [0.15, 0.2) is 0 Å². The third kappa shape index (κ3) is 3.01. The molecule has 0 saturated heterocycles. The average molecular weight is 348 g/mol. The van der Waals surface area contributed by atoms with Gasteiger partial charge in [-0.25, -0.2) is 14.4 Å². The van der Waals surface area contributed by atoms with Gasteiger partial charge in [-0.2, -0.15) is 0 Å². The molecule has 1 atom stereocenters. The molecule has 0 fully saturated rings. The fourth-order valence-corrected chi connectivity index (χ4v) is 3.19. The fourth-order valence-electron chi connectivity index (χ4n) is 3.19. The summed E-state index contributed by atoms with van der Waals surface area (Å²) in [6, 6.07) is 15.5. The Kier molecular flexibility index (Phi) is 4.08. The highest BCUT2D eigenvalue weighted by Gasteiger charge is 2.29. The molecule has 4 rings (SSSR count). The lowest BCUT2D eigenvalue weighted by Crippen LogP contribution is -2.26. The number of rotatable bonds is 3. The standard InChI is InChI=1S/C20H17FN4O/c1-13-12-14-4-2-3-5-18(14)25(13)20-22-11-10-17(24-20)19(26)23-16-8-6-15(21)7-9-16/h2-11,13H,12H2,1H3,(H,23,26). The van der Waals surface area contributed by atoms with Gasteiger partial charge < -0.3 is 10.2 Å². The molecule has 0 saturated carbocycles. The zero-order chi connectivity index (χ0) is 18.1. The Hall–Kier alpha value is -3.28. The van der Waals surface area contributed by atoms with E-state index in [1.54, 1.807) is 12.3 Å². The summed E-state index contributed by atoms with van der Waals surface area (Å²) in [6.07, 6.45) is 2.49. The molecule has 0 spiro atoms. The number of hydrogen-bond donors (Lipinski definition) is 1. The quantitative estimate of drug-likeness (QED) is 0.779. The predicted molar refractivity (Wildman–Crippen MR) is 98.1 cm³/mol. The first-order valence-corrected chi connectivity index (χ1v) is 8.39. The lowest BCUT2D eigenvalue weighted by molar-refractivity contribution is 0.102. The van der Waals surface area contributed by atoms with Crippen LogP contribution >= 0.6 is 0 Å². The van der Waals surface area contributed by atoms with Gasteiger partial charge >= 0.3 is 0 Å². The molecule has 26 heavy (non-hydrogen) atoms. The predicted octanol–water partition coefficient (Wildman–Crippen LogP) is 3.95. The zero-order valence-electron chi connectivity index (χ0n) is 14.2. The van der Waals surface area contributed by atoms with E-state index in [2.05, 4.69) is 28.3 Å². The van der Waals surface area contributed by atoms with Crippen LogP contribution in [0.3, 0.4) is 0 Å². The molecule has 1 aliphatic rings. The second-order valence-electron chi connectivity index (χ2n) is 6.25. The Morgan fingerprint density at radius 1 is 1.15 bits per heavy atom. The van der Waals surface area contributed by atoms with Crippen LogP contribution in [0.4, 0.5) is 21.7 Å². The minimum atomic E-state index is -0.361. The summed E-state index contributed by atoms with van der Waals surface area (Å²) in [5.74, 6) is -0.219. The van der Waals surface area contributed by atoms with Crippen LogP contribution in [0.5, 0.6) is 0 Å². The van der Waals surface area contributed by atoms with Crippen molar-refractivity contribution >= 4 is 23.2 Å². The molecule has 1 aromatic heterocycles. The molecule has 0 bridgehead atoms. The Morgan fingerprint density at radius 2 is 1.92 bits per heavy atom. The topological polar surface area (TPSA) is 58.1 Å². The molecule has 1 N–H and O–H groups in total. The molecule has 130 valence electrons. The number of nitrogens with one attached hydrogen (secondary N) is 1. The van der Waals surface area contributed by atoms with Crippen molar-refractivity contribution in [2.45, 2.75) is 19.4 Å². The van der Waals surface area contributed by atoms with Crippen molar-refractivity contribution < 1.29 is 9.18 Å². The van der Waals surface area contributed by atoms with Gasteiger partial charge in [0.05, 0.1) is 0 Å². The Bertz CT molecular complexity index is 958. The van der Waals surface area contributed by atoms with Gasteiger partial charge in [-0.15, -0.1) is 0 Å². The van der Waals surface area contributed by atoms with E-state index < -0.39 is 0 Å². The molecule has 1 aliphatic heterocycles. The summed E-state index contributed by atoms with van der Waals surface area (Å²) in [7, 11) is 0. The van der Waals surface area contributed by atoms with Crippen molar-refractivity contribution in [3.63, 3.8) is 0 Å². The molecular formula is C20H17FN4O. The van der Waals surface area contributed by atoms with E-state index >= 15 is 0 Å². The maximum Gasteiger partial charge on any atom is 0.274 e. The molecule has 6 heteroatoms. The first kappa shape index (κ1) is 16.2. The number of amides is 1. The molecular weight excluding hydrogens is 331 g/mol. The third-order valence-corrected chi connectivity index (χ3v) is 4.40. The van der Waals surface area contributed by atoms with Crippen LogP contribution in [0.1, 0.15) is 23.0 Å². The molecule has 1 amide bonds. The van der Waals surface area contributed by atoms with Gasteiger partial charge in [0.25, 0.3) is 5.91 Å². The second-order valence-corrected chi connectivity index (χ2v) is 6.25. The molecule has 3 aromatic rings. The largest absolute Gasteiger partial charge is 0.321 e. The van der Waals surface area contributed by atoms with Crippen molar-refractivity contribution in [1.82, 2.24) is 9.97 Å². The normalized spacial score (nSPS) is 15.6. The van der Waals surface area contributed by atoms with Gasteiger partial charge in [-0.1, -0.05) is 18.2 Å². The van der Waals surface area contributed by atoms with E-state index in [1.807, 2.05) is 23.1 Å². The van der Waals surface area contributed by atoms with E-state index in [0.29, 0.717) is 11.6 Å². The van der Waals surface area contributed by atoms with E-state index in [0.717, 1.165) is 12.1 Å². The first-order valence-electron chi connectivity index (χ1n) is 8.39. The van der Waals surface area contributed by atoms with Crippen LogP contribution in [0.2, 0.25) is 0 Å². The van der Waals surface area contributed by atoms with E-state index in [-0.39, 0.29) is 23.5 Å². The first-order chi connectivity index (χ1) is 12.6. The minimum absolute atomic E-state index is 0.211. The van der Waals surface area contributed by atoms with E-state index in [4.69, 9.17) is 0 Å². The minimum Gasteiger partial charge on any atom is -0.321 e. The highest BCUT2D eigenvalue weighted by Crippen LogP contribution is 2.36. The molecule has 2 heterocycles. The summed E-state index contributed by atoms with van der Waals surface area (Å²) in [4.78, 5) is 23.3. The summed E-state index contributed by atoms with van der Waals surface area (Å²) < 4.78 is 13.0.